The van der Waals surface area contributed by atoms with Crippen LogP contribution in [0.1, 0.15) is 51.8 Å². The van der Waals surface area contributed by atoms with Gasteiger partial charge in [-0.3, -0.25) is 0 Å². The second-order valence-electron chi connectivity index (χ2n) is 6.86. The fourth-order valence-electron chi connectivity index (χ4n) is 3.22. The number of esters is 2. The first kappa shape index (κ1) is 19.4. The van der Waals surface area contributed by atoms with Crippen molar-refractivity contribution in [3.05, 3.63) is 64.0 Å². The third-order valence-corrected chi connectivity index (χ3v) is 4.82. The zero-order chi connectivity index (χ0) is 20.3. The third kappa shape index (κ3) is 4.15. The Labute approximate surface area is 164 Å². The van der Waals surface area contributed by atoms with Crippen molar-refractivity contribution in [1.82, 2.24) is 4.57 Å². The highest BCUT2D eigenvalue weighted by molar-refractivity contribution is 5.98. The van der Waals surface area contributed by atoms with E-state index in [-0.39, 0.29) is 12.2 Å². The van der Waals surface area contributed by atoms with Crippen LogP contribution in [0.3, 0.4) is 0 Å². The van der Waals surface area contributed by atoms with Crippen molar-refractivity contribution in [2.24, 2.45) is 0 Å². The molecule has 144 valence electrons. The zero-order valence-electron chi connectivity index (χ0n) is 16.2. The number of benzene rings is 1. The van der Waals surface area contributed by atoms with E-state index < -0.39 is 11.9 Å². The Morgan fingerprint density at radius 1 is 1.25 bits per heavy atom. The van der Waals surface area contributed by atoms with Crippen LogP contribution in [0, 0.1) is 25.2 Å². The van der Waals surface area contributed by atoms with E-state index in [9.17, 15) is 14.9 Å². The third-order valence-electron chi connectivity index (χ3n) is 4.82. The molecule has 1 aromatic carbocycles. The van der Waals surface area contributed by atoms with Crippen molar-refractivity contribution in [2.75, 3.05) is 7.11 Å². The summed E-state index contributed by atoms with van der Waals surface area (Å²) in [6.45, 7) is 4.05. The van der Waals surface area contributed by atoms with Crippen LogP contribution >= 0.6 is 0 Å². The Hall–Kier alpha value is -3.33. The lowest BCUT2D eigenvalue weighted by molar-refractivity contribution is -0.139. The van der Waals surface area contributed by atoms with Gasteiger partial charge in [-0.15, -0.1) is 0 Å². The molecule has 1 heterocycles. The topological polar surface area (TPSA) is 81.3 Å². The van der Waals surface area contributed by atoms with Gasteiger partial charge in [-0.05, 0) is 62.1 Å². The summed E-state index contributed by atoms with van der Waals surface area (Å²) in [5.41, 5.74) is 4.13. The lowest BCUT2D eigenvalue weighted by Gasteiger charge is -2.07. The highest BCUT2D eigenvalue weighted by atomic mass is 16.5. The molecule has 3 rings (SSSR count). The van der Waals surface area contributed by atoms with Crippen LogP contribution in [-0.2, 0) is 20.9 Å². The van der Waals surface area contributed by atoms with E-state index >= 15 is 0 Å². The molecule has 1 saturated carbocycles. The highest BCUT2D eigenvalue weighted by Crippen LogP contribution is 2.38. The van der Waals surface area contributed by atoms with Gasteiger partial charge in [0.2, 0.25) is 0 Å². The maximum Gasteiger partial charge on any atom is 0.349 e. The van der Waals surface area contributed by atoms with Gasteiger partial charge in [-0.1, -0.05) is 12.1 Å². The number of hydrogen-bond acceptors (Lipinski definition) is 5. The van der Waals surface area contributed by atoms with Crippen molar-refractivity contribution < 1.29 is 19.1 Å². The number of ether oxygens (including phenoxy) is 2. The predicted octanol–water partition coefficient (Wildman–Crippen LogP) is 3.88. The van der Waals surface area contributed by atoms with E-state index in [1.165, 1.54) is 20.0 Å². The fraction of sp³-hybridized carbons (Fsp3) is 0.318. The van der Waals surface area contributed by atoms with E-state index in [1.807, 2.05) is 26.0 Å². The smallest absolute Gasteiger partial charge is 0.349 e. The minimum atomic E-state index is -0.671. The quantitative estimate of drug-likeness (QED) is 0.433. The summed E-state index contributed by atoms with van der Waals surface area (Å²) in [4.78, 5) is 23.8. The molecular formula is C22H22N2O4. The summed E-state index contributed by atoms with van der Waals surface area (Å²) in [6, 6.07) is 11.0. The SMILES string of the molecule is COC(=O)c1ccc(COC(=O)/C(C#N)=C/c2cc(C)n(C3CC3)c2C)cc1. The van der Waals surface area contributed by atoms with Gasteiger partial charge >= 0.3 is 11.9 Å². The van der Waals surface area contributed by atoms with Crippen molar-refractivity contribution in [2.45, 2.75) is 39.3 Å². The molecule has 2 aromatic rings. The largest absolute Gasteiger partial charge is 0.465 e. The van der Waals surface area contributed by atoms with E-state index in [2.05, 4.69) is 9.30 Å². The summed E-state index contributed by atoms with van der Waals surface area (Å²) in [5.74, 6) is -1.10. The average Bonchev–Trinajstić information content (AvgIpc) is 3.49. The van der Waals surface area contributed by atoms with E-state index in [4.69, 9.17) is 4.74 Å². The molecule has 6 nitrogen and oxygen atoms in total. The Morgan fingerprint density at radius 2 is 1.93 bits per heavy atom. The first-order valence-electron chi connectivity index (χ1n) is 9.09. The predicted molar refractivity (Wildman–Crippen MR) is 103 cm³/mol. The second-order valence-corrected chi connectivity index (χ2v) is 6.86. The first-order valence-corrected chi connectivity index (χ1v) is 9.09. The zero-order valence-corrected chi connectivity index (χ0v) is 16.2. The number of methoxy groups -OCH3 is 1. The van der Waals surface area contributed by atoms with Crippen LogP contribution in [0.4, 0.5) is 0 Å². The van der Waals surface area contributed by atoms with Crippen molar-refractivity contribution >= 4 is 18.0 Å². The fourth-order valence-corrected chi connectivity index (χ4v) is 3.22. The lowest BCUT2D eigenvalue weighted by atomic mass is 10.1. The second kappa shape index (κ2) is 8.13. The monoisotopic (exact) mass is 378 g/mol. The van der Waals surface area contributed by atoms with Gasteiger partial charge in [-0.2, -0.15) is 5.26 Å². The van der Waals surface area contributed by atoms with Crippen LogP contribution < -0.4 is 0 Å². The Morgan fingerprint density at radius 3 is 2.50 bits per heavy atom. The molecule has 0 bridgehead atoms. The average molecular weight is 378 g/mol. The van der Waals surface area contributed by atoms with Crippen LogP contribution in [0.25, 0.3) is 6.08 Å². The summed E-state index contributed by atoms with van der Waals surface area (Å²) in [6.07, 6.45) is 3.92. The number of carbonyl (C=O) groups excluding carboxylic acids is 2. The standard InChI is InChI=1S/C22H22N2O4/c1-14-10-18(15(2)24(14)20-8-9-20)11-19(12-23)22(26)28-13-16-4-6-17(7-5-16)21(25)27-3/h4-7,10-11,20H,8-9,13H2,1-3H3/b19-11+. The maximum absolute atomic E-state index is 12.3. The molecular weight excluding hydrogens is 356 g/mol. The summed E-state index contributed by atoms with van der Waals surface area (Å²) in [7, 11) is 1.32. The van der Waals surface area contributed by atoms with Gasteiger partial charge in [0.15, 0.2) is 0 Å². The first-order chi connectivity index (χ1) is 13.4. The molecule has 6 heteroatoms. The Balaban J connectivity index is 1.69. The molecule has 1 fully saturated rings. The minimum Gasteiger partial charge on any atom is -0.465 e. The van der Waals surface area contributed by atoms with Crippen LogP contribution in [0.5, 0.6) is 0 Å². The molecule has 0 spiro atoms. The van der Waals surface area contributed by atoms with E-state index in [0.717, 1.165) is 17.0 Å². The molecule has 1 aliphatic carbocycles. The number of rotatable bonds is 6. The summed E-state index contributed by atoms with van der Waals surface area (Å²) < 4.78 is 12.2. The molecule has 0 saturated heterocycles. The van der Waals surface area contributed by atoms with Crippen LogP contribution in [-0.4, -0.2) is 23.6 Å². The molecule has 0 atom stereocenters. The minimum absolute atomic E-state index is 0.0143. The Kier molecular flexibility index (Phi) is 5.65. The van der Waals surface area contributed by atoms with Gasteiger partial charge in [0.25, 0.3) is 0 Å². The number of hydrogen-bond donors (Lipinski definition) is 0. The lowest BCUT2D eigenvalue weighted by Crippen LogP contribution is -2.07. The number of carbonyl (C=O) groups is 2. The van der Waals surface area contributed by atoms with Crippen molar-refractivity contribution in [3.8, 4) is 6.07 Å². The van der Waals surface area contributed by atoms with Crippen LogP contribution in [0.2, 0.25) is 0 Å². The number of nitriles is 1. The number of aromatic nitrogens is 1. The van der Waals surface area contributed by atoms with Crippen LogP contribution in [0.15, 0.2) is 35.9 Å². The van der Waals surface area contributed by atoms with Gasteiger partial charge in [0.1, 0.15) is 18.2 Å². The molecule has 0 unspecified atom stereocenters. The number of nitrogens with zero attached hydrogens (tertiary/aromatic N) is 2. The van der Waals surface area contributed by atoms with Gasteiger partial charge < -0.3 is 14.0 Å². The number of aryl methyl sites for hydroxylation is 1. The van der Waals surface area contributed by atoms with E-state index in [0.29, 0.717) is 17.2 Å². The van der Waals surface area contributed by atoms with Crippen molar-refractivity contribution in [1.29, 1.82) is 5.26 Å². The molecule has 28 heavy (non-hydrogen) atoms. The normalized spacial score (nSPS) is 13.7. The van der Waals surface area contributed by atoms with Gasteiger partial charge in [0, 0.05) is 17.4 Å². The summed E-state index contributed by atoms with van der Waals surface area (Å²) in [5, 5.41) is 9.39. The van der Waals surface area contributed by atoms with Gasteiger partial charge in [0.05, 0.1) is 12.7 Å². The molecule has 1 aromatic heterocycles. The molecule has 1 aliphatic rings. The Bertz CT molecular complexity index is 973. The summed E-state index contributed by atoms with van der Waals surface area (Å²) >= 11 is 0. The molecule has 0 radical (unpaired) electrons. The molecule has 0 aliphatic heterocycles. The van der Waals surface area contributed by atoms with Crippen molar-refractivity contribution in [3.63, 3.8) is 0 Å². The van der Waals surface area contributed by atoms with Gasteiger partial charge in [-0.25, -0.2) is 9.59 Å². The maximum atomic E-state index is 12.3. The molecule has 0 N–H and O–H groups in total. The highest BCUT2D eigenvalue weighted by Gasteiger charge is 2.27. The van der Waals surface area contributed by atoms with E-state index in [1.54, 1.807) is 30.3 Å². The molecule has 0 amide bonds.